The van der Waals surface area contributed by atoms with Gasteiger partial charge in [0.2, 0.25) is 6.10 Å². The van der Waals surface area contributed by atoms with Crippen molar-refractivity contribution in [1.29, 1.82) is 0 Å². The number of nitrogens with zero attached hydrogens (tertiary/aromatic N) is 1. The van der Waals surface area contributed by atoms with Crippen LogP contribution in [0.4, 0.5) is 5.69 Å². The Morgan fingerprint density at radius 1 is 1.16 bits per heavy atom. The van der Waals surface area contributed by atoms with Crippen LogP contribution in [0.5, 0.6) is 11.5 Å². The van der Waals surface area contributed by atoms with Crippen LogP contribution in [0.15, 0.2) is 47.6 Å². The monoisotopic (exact) mass is 340 g/mol. The van der Waals surface area contributed by atoms with Gasteiger partial charge in [-0.2, -0.15) is 0 Å². The second kappa shape index (κ2) is 7.25. The third kappa shape index (κ3) is 3.57. The van der Waals surface area contributed by atoms with Gasteiger partial charge in [-0.1, -0.05) is 28.9 Å². The number of nitrogens with one attached hydrogen (secondary N) is 1. The lowest BCUT2D eigenvalue weighted by Gasteiger charge is -2.12. The van der Waals surface area contributed by atoms with E-state index >= 15 is 0 Å². The molecule has 1 amide bonds. The van der Waals surface area contributed by atoms with Gasteiger partial charge in [-0.3, -0.25) is 4.79 Å². The van der Waals surface area contributed by atoms with E-state index in [2.05, 4.69) is 10.5 Å². The first-order valence-electron chi connectivity index (χ1n) is 7.94. The minimum absolute atomic E-state index is 0.232. The van der Waals surface area contributed by atoms with E-state index in [4.69, 9.17) is 14.3 Å². The first kappa shape index (κ1) is 16.8. The van der Waals surface area contributed by atoms with Crippen LogP contribution in [0.25, 0.3) is 0 Å². The number of benzene rings is 2. The summed E-state index contributed by atoms with van der Waals surface area (Å²) in [5.41, 5.74) is 3.27. The molecule has 1 N–H and O–H groups in total. The fraction of sp³-hybridized carbons (Fsp3) is 0.263. The summed E-state index contributed by atoms with van der Waals surface area (Å²) in [5, 5.41) is 6.91. The largest absolute Gasteiger partial charge is 0.493 e. The summed E-state index contributed by atoms with van der Waals surface area (Å²) in [4.78, 5) is 17.7. The van der Waals surface area contributed by atoms with Gasteiger partial charge >= 0.3 is 0 Å². The van der Waals surface area contributed by atoms with Crippen LogP contribution in [-0.2, 0) is 9.63 Å². The number of aryl methyl sites for hydroxylation is 1. The lowest BCUT2D eigenvalue weighted by Crippen LogP contribution is -2.28. The smallest absolute Gasteiger partial charge is 0.268 e. The Morgan fingerprint density at radius 3 is 2.60 bits per heavy atom. The molecule has 0 aliphatic carbocycles. The van der Waals surface area contributed by atoms with Crippen LogP contribution < -0.4 is 14.8 Å². The van der Waals surface area contributed by atoms with Gasteiger partial charge in [0.1, 0.15) is 0 Å². The average Bonchev–Trinajstić information content (AvgIpc) is 3.13. The highest BCUT2D eigenvalue weighted by Crippen LogP contribution is 2.33. The highest BCUT2D eigenvalue weighted by Gasteiger charge is 2.30. The van der Waals surface area contributed by atoms with Crippen LogP contribution in [0.3, 0.4) is 0 Å². The predicted molar refractivity (Wildman–Crippen MR) is 95.4 cm³/mol. The van der Waals surface area contributed by atoms with E-state index in [-0.39, 0.29) is 5.91 Å². The maximum atomic E-state index is 12.4. The van der Waals surface area contributed by atoms with E-state index in [1.54, 1.807) is 20.3 Å². The van der Waals surface area contributed by atoms with Crippen molar-refractivity contribution in [1.82, 2.24) is 0 Å². The molecule has 0 saturated heterocycles. The van der Waals surface area contributed by atoms with Crippen molar-refractivity contribution < 1.29 is 19.1 Å². The molecule has 1 heterocycles. The summed E-state index contributed by atoms with van der Waals surface area (Å²) >= 11 is 0. The van der Waals surface area contributed by atoms with E-state index in [9.17, 15) is 4.79 Å². The van der Waals surface area contributed by atoms with E-state index in [0.717, 1.165) is 16.8 Å². The van der Waals surface area contributed by atoms with Gasteiger partial charge in [0, 0.05) is 17.7 Å². The number of hydrogen-bond acceptors (Lipinski definition) is 5. The molecule has 2 aromatic carbocycles. The predicted octanol–water partition coefficient (Wildman–Crippen LogP) is 3.14. The molecule has 0 unspecified atom stereocenters. The number of para-hydroxylation sites is 1. The zero-order chi connectivity index (χ0) is 17.8. The molecular formula is C19H20N2O4. The highest BCUT2D eigenvalue weighted by atomic mass is 16.6. The molecule has 130 valence electrons. The van der Waals surface area contributed by atoms with Crippen molar-refractivity contribution in [3.8, 4) is 11.5 Å². The Labute approximate surface area is 146 Å². The molecule has 25 heavy (non-hydrogen) atoms. The lowest BCUT2D eigenvalue weighted by molar-refractivity contribution is -0.125. The molecule has 2 aromatic rings. The van der Waals surface area contributed by atoms with Crippen LogP contribution in [-0.4, -0.2) is 31.9 Å². The number of anilines is 1. The normalized spacial score (nSPS) is 16.0. The van der Waals surface area contributed by atoms with Crippen molar-refractivity contribution in [2.24, 2.45) is 5.16 Å². The van der Waals surface area contributed by atoms with Crippen molar-refractivity contribution in [3.05, 3.63) is 53.6 Å². The van der Waals surface area contributed by atoms with E-state index in [0.29, 0.717) is 23.6 Å². The van der Waals surface area contributed by atoms with Crippen molar-refractivity contribution >= 4 is 17.3 Å². The third-order valence-electron chi connectivity index (χ3n) is 3.99. The molecule has 1 aliphatic rings. The number of amides is 1. The summed E-state index contributed by atoms with van der Waals surface area (Å²) in [6.45, 7) is 1.99. The SMILES string of the molecule is COc1cccc(C2=NO[C@H](C(=O)Nc3ccc(C)cc3)C2)c1OC. The number of ether oxygens (including phenoxy) is 2. The van der Waals surface area contributed by atoms with Crippen molar-refractivity contribution in [2.75, 3.05) is 19.5 Å². The van der Waals surface area contributed by atoms with Gasteiger partial charge in [0.15, 0.2) is 11.5 Å². The van der Waals surface area contributed by atoms with Crippen LogP contribution in [0.2, 0.25) is 0 Å². The van der Waals surface area contributed by atoms with Crippen LogP contribution >= 0.6 is 0 Å². The standard InChI is InChI=1S/C19H20N2O4/c1-12-7-9-13(10-8-12)20-19(22)17-11-15(21-25-17)14-5-4-6-16(23-2)18(14)24-3/h4-10,17H,11H2,1-3H3,(H,20,22)/t17-/m0/s1. The summed E-state index contributed by atoms with van der Waals surface area (Å²) in [6.07, 6.45) is -0.312. The fourth-order valence-electron chi connectivity index (χ4n) is 2.65. The molecule has 0 bridgehead atoms. The number of methoxy groups -OCH3 is 2. The Balaban J connectivity index is 1.71. The quantitative estimate of drug-likeness (QED) is 0.908. The Morgan fingerprint density at radius 2 is 1.92 bits per heavy atom. The molecular weight excluding hydrogens is 320 g/mol. The summed E-state index contributed by atoms with van der Waals surface area (Å²) in [5.74, 6) is 0.951. The van der Waals surface area contributed by atoms with Crippen LogP contribution in [0, 0.1) is 6.92 Å². The van der Waals surface area contributed by atoms with Gasteiger partial charge in [-0.05, 0) is 31.2 Å². The van der Waals surface area contributed by atoms with E-state index in [1.807, 2.05) is 43.3 Å². The minimum atomic E-state index is -0.674. The first-order chi connectivity index (χ1) is 12.1. The zero-order valence-electron chi connectivity index (χ0n) is 14.4. The Hall–Kier alpha value is -3.02. The van der Waals surface area contributed by atoms with Gasteiger partial charge in [-0.25, -0.2) is 0 Å². The molecule has 0 fully saturated rings. The van der Waals surface area contributed by atoms with Gasteiger partial charge in [0.05, 0.1) is 19.9 Å². The number of oxime groups is 1. The highest BCUT2D eigenvalue weighted by molar-refractivity contribution is 6.08. The minimum Gasteiger partial charge on any atom is -0.493 e. The maximum Gasteiger partial charge on any atom is 0.268 e. The first-order valence-corrected chi connectivity index (χ1v) is 7.94. The molecule has 6 nitrogen and oxygen atoms in total. The average molecular weight is 340 g/mol. The Kier molecular flexibility index (Phi) is 4.88. The fourth-order valence-corrected chi connectivity index (χ4v) is 2.65. The molecule has 6 heteroatoms. The molecule has 0 spiro atoms. The number of carbonyl (C=O) groups is 1. The summed E-state index contributed by atoms with van der Waals surface area (Å²) in [7, 11) is 3.14. The summed E-state index contributed by atoms with van der Waals surface area (Å²) in [6, 6.07) is 13.1. The van der Waals surface area contributed by atoms with E-state index < -0.39 is 6.10 Å². The topological polar surface area (TPSA) is 69.2 Å². The van der Waals surface area contributed by atoms with Crippen LogP contribution in [0.1, 0.15) is 17.5 Å². The zero-order valence-corrected chi connectivity index (χ0v) is 14.4. The van der Waals surface area contributed by atoms with Crippen molar-refractivity contribution in [2.45, 2.75) is 19.4 Å². The number of carbonyl (C=O) groups excluding carboxylic acids is 1. The summed E-state index contributed by atoms with van der Waals surface area (Å²) < 4.78 is 10.7. The molecule has 1 atom stereocenters. The number of hydrogen-bond donors (Lipinski definition) is 1. The van der Waals surface area contributed by atoms with Gasteiger partial charge in [0.25, 0.3) is 5.91 Å². The second-order valence-corrected chi connectivity index (χ2v) is 5.73. The van der Waals surface area contributed by atoms with Gasteiger partial charge in [-0.15, -0.1) is 0 Å². The second-order valence-electron chi connectivity index (χ2n) is 5.73. The Bertz CT molecular complexity index is 800. The lowest BCUT2D eigenvalue weighted by atomic mass is 10.0. The van der Waals surface area contributed by atoms with Gasteiger partial charge < -0.3 is 19.6 Å². The molecule has 1 aliphatic heterocycles. The molecule has 3 rings (SSSR count). The number of rotatable bonds is 5. The third-order valence-corrected chi connectivity index (χ3v) is 3.99. The molecule has 0 aromatic heterocycles. The maximum absolute atomic E-state index is 12.4. The van der Waals surface area contributed by atoms with E-state index in [1.165, 1.54) is 0 Å². The van der Waals surface area contributed by atoms with Crippen molar-refractivity contribution in [3.63, 3.8) is 0 Å². The molecule has 0 radical (unpaired) electrons. The molecule has 0 saturated carbocycles.